The number of carbonyl (C=O) groups is 1. The van der Waals surface area contributed by atoms with Gasteiger partial charge in [0.2, 0.25) is 0 Å². The molecule has 0 radical (unpaired) electrons. The first kappa shape index (κ1) is 21.8. The molecule has 0 N–H and O–H groups in total. The fourth-order valence-corrected chi connectivity index (χ4v) is 3.31. The summed E-state index contributed by atoms with van der Waals surface area (Å²) in [6.45, 7) is 8.95. The number of terminal acetylenes is 1. The Morgan fingerprint density at radius 2 is 1.86 bits per heavy atom. The number of piperazine rings is 1. The minimum absolute atomic E-state index is 0.0974. The van der Waals surface area contributed by atoms with Gasteiger partial charge < -0.3 is 18.7 Å². The van der Waals surface area contributed by atoms with E-state index in [9.17, 15) is 17.1 Å². The van der Waals surface area contributed by atoms with Gasteiger partial charge in [-0.15, -0.1) is 12.3 Å². The Bertz CT molecular complexity index is 879. The van der Waals surface area contributed by atoms with Gasteiger partial charge in [0.25, 0.3) is 0 Å². The second-order valence-corrected chi connectivity index (χ2v) is 8.50. The minimum atomic E-state index is -5.16. The molecule has 1 aliphatic heterocycles. The number of amides is 1. The van der Waals surface area contributed by atoms with Crippen LogP contribution in [0.25, 0.3) is 0 Å². The summed E-state index contributed by atoms with van der Waals surface area (Å²) in [7, 11) is -5.16. The summed E-state index contributed by atoms with van der Waals surface area (Å²) in [5.74, 6) is 2.38. The summed E-state index contributed by atoms with van der Waals surface area (Å²) in [5, 5.41) is 0. The monoisotopic (exact) mass is 412 g/mol. The van der Waals surface area contributed by atoms with Gasteiger partial charge in [-0.05, 0) is 45.4 Å². The lowest BCUT2D eigenvalue weighted by atomic mass is 10.0. The quantitative estimate of drug-likeness (QED) is 0.559. The molecular weight excluding hydrogens is 387 g/mol. The van der Waals surface area contributed by atoms with Gasteiger partial charge in [0, 0.05) is 43.9 Å². The van der Waals surface area contributed by atoms with E-state index in [2.05, 4.69) is 10.1 Å². The maximum absolute atomic E-state index is 13.1. The van der Waals surface area contributed by atoms with Crippen molar-refractivity contribution in [2.75, 3.05) is 31.1 Å². The molecule has 0 aromatic heterocycles. The van der Waals surface area contributed by atoms with Crippen LogP contribution in [-0.2, 0) is 21.7 Å². The van der Waals surface area contributed by atoms with Gasteiger partial charge in [-0.25, -0.2) is 4.79 Å². The second-order valence-electron chi connectivity index (χ2n) is 7.55. The van der Waals surface area contributed by atoms with Gasteiger partial charge in [-0.3, -0.25) is 0 Å². The van der Waals surface area contributed by atoms with Crippen molar-refractivity contribution in [1.82, 2.24) is 4.90 Å². The van der Waals surface area contributed by atoms with Crippen LogP contribution in [0, 0.1) is 19.3 Å². The zero-order valence-corrected chi connectivity index (χ0v) is 17.3. The lowest BCUT2D eigenvalue weighted by Gasteiger charge is -2.37. The fraction of sp³-hybridized carbons (Fsp3) is 0.526. The first-order chi connectivity index (χ1) is 12.9. The van der Waals surface area contributed by atoms with Gasteiger partial charge in [0.05, 0.1) is 0 Å². The van der Waals surface area contributed by atoms with Crippen LogP contribution in [-0.4, -0.2) is 51.2 Å². The van der Waals surface area contributed by atoms with Crippen molar-refractivity contribution in [1.29, 1.82) is 0 Å². The number of ether oxygens (including phenoxy) is 1. The molecule has 0 bridgehead atoms. The molecule has 0 atom stereocenters. The Morgan fingerprint density at radius 3 is 2.36 bits per heavy atom. The molecule has 1 fully saturated rings. The van der Waals surface area contributed by atoms with Crippen molar-refractivity contribution < 1.29 is 26.0 Å². The van der Waals surface area contributed by atoms with E-state index in [1.54, 1.807) is 11.8 Å². The zero-order valence-electron chi connectivity index (χ0n) is 16.5. The highest BCUT2D eigenvalue weighted by Gasteiger charge is 2.27. The molecule has 9 heteroatoms. The highest BCUT2D eigenvalue weighted by Crippen LogP contribution is 2.33. The van der Waals surface area contributed by atoms with Crippen molar-refractivity contribution >= 4 is 22.3 Å². The number of carbonyl (C=O) groups excluding carboxylic acids is 1. The van der Waals surface area contributed by atoms with E-state index in [-0.39, 0.29) is 18.3 Å². The Balaban J connectivity index is 2.21. The molecule has 0 spiro atoms. The smallest absolute Gasteiger partial charge is 0.444 e. The molecular formula is C19H25FN2O5S. The number of benzene rings is 1. The minimum Gasteiger partial charge on any atom is -0.444 e. The van der Waals surface area contributed by atoms with Crippen molar-refractivity contribution in [3.8, 4) is 18.1 Å². The van der Waals surface area contributed by atoms with Crippen molar-refractivity contribution in [3.05, 3.63) is 23.3 Å². The van der Waals surface area contributed by atoms with E-state index in [0.717, 1.165) is 0 Å². The van der Waals surface area contributed by atoms with Crippen LogP contribution in [0.5, 0.6) is 5.75 Å². The molecule has 7 nitrogen and oxygen atoms in total. The van der Waals surface area contributed by atoms with Crippen LogP contribution in [0.15, 0.2) is 12.1 Å². The molecule has 154 valence electrons. The average Bonchev–Trinajstić information content (AvgIpc) is 2.55. The summed E-state index contributed by atoms with van der Waals surface area (Å²) >= 11 is 0. The highest BCUT2D eigenvalue weighted by atomic mass is 32.3. The van der Waals surface area contributed by atoms with E-state index in [1.807, 2.05) is 31.7 Å². The van der Waals surface area contributed by atoms with Crippen molar-refractivity contribution in [2.45, 2.75) is 39.7 Å². The Labute approximate surface area is 165 Å². The van der Waals surface area contributed by atoms with E-state index < -0.39 is 16.1 Å². The van der Waals surface area contributed by atoms with Crippen molar-refractivity contribution in [3.63, 3.8) is 0 Å². The van der Waals surface area contributed by atoms with Gasteiger partial charge in [-0.2, -0.15) is 8.42 Å². The number of hydrogen-bond acceptors (Lipinski definition) is 6. The van der Waals surface area contributed by atoms with Crippen molar-refractivity contribution in [2.24, 2.45) is 0 Å². The normalized spacial score (nSPS) is 15.1. The van der Waals surface area contributed by atoms with E-state index >= 15 is 0 Å². The van der Waals surface area contributed by atoms with Crippen LogP contribution >= 0.6 is 0 Å². The summed E-state index contributed by atoms with van der Waals surface area (Å²) < 4.78 is 44.8. The van der Waals surface area contributed by atoms with Gasteiger partial charge in [-0.1, -0.05) is 3.89 Å². The molecule has 28 heavy (non-hydrogen) atoms. The molecule has 2 rings (SSSR count). The molecule has 0 aliphatic carbocycles. The zero-order chi connectivity index (χ0) is 21.1. The van der Waals surface area contributed by atoms with Gasteiger partial charge in [0.15, 0.2) is 5.75 Å². The standard InChI is InChI=1S/C19H25FN2O5S/c1-6-7-15-12-16(14(2)17(13-15)27-28(20,24)25)21-8-10-22(11-9-21)18(23)26-19(3,4)5/h1,12-13H,7-11H2,2-5H3. The lowest BCUT2D eigenvalue weighted by molar-refractivity contribution is 0.0240. The Kier molecular flexibility index (Phi) is 6.44. The number of hydrogen-bond donors (Lipinski definition) is 0. The number of anilines is 1. The third-order valence-electron chi connectivity index (χ3n) is 4.16. The van der Waals surface area contributed by atoms with Crippen LogP contribution in [0.2, 0.25) is 0 Å². The average molecular weight is 412 g/mol. The van der Waals surface area contributed by atoms with E-state index in [1.165, 1.54) is 6.07 Å². The highest BCUT2D eigenvalue weighted by molar-refractivity contribution is 7.81. The Morgan fingerprint density at radius 1 is 1.25 bits per heavy atom. The molecule has 1 heterocycles. The van der Waals surface area contributed by atoms with Gasteiger partial charge >= 0.3 is 16.6 Å². The maximum Gasteiger partial charge on any atom is 0.488 e. The first-order valence-corrected chi connectivity index (χ1v) is 10.1. The molecule has 1 amide bonds. The van der Waals surface area contributed by atoms with Crippen LogP contribution in [0.4, 0.5) is 14.4 Å². The number of halogens is 1. The number of nitrogens with zero attached hydrogens (tertiary/aromatic N) is 2. The first-order valence-electron chi connectivity index (χ1n) is 8.83. The van der Waals surface area contributed by atoms with E-state index in [4.69, 9.17) is 11.2 Å². The topological polar surface area (TPSA) is 76.2 Å². The molecule has 1 aliphatic rings. The Hall–Kier alpha value is -2.47. The maximum atomic E-state index is 13.1. The molecule has 1 aromatic carbocycles. The molecule has 1 aromatic rings. The van der Waals surface area contributed by atoms with Crippen LogP contribution < -0.4 is 9.08 Å². The van der Waals surface area contributed by atoms with E-state index in [0.29, 0.717) is 43.0 Å². The fourth-order valence-electron chi connectivity index (χ4n) is 2.93. The summed E-state index contributed by atoms with van der Waals surface area (Å²) in [4.78, 5) is 15.8. The molecule has 1 saturated heterocycles. The summed E-state index contributed by atoms with van der Waals surface area (Å²) in [6, 6.07) is 3.25. The largest absolute Gasteiger partial charge is 0.488 e. The molecule has 0 unspecified atom stereocenters. The lowest BCUT2D eigenvalue weighted by Crippen LogP contribution is -2.50. The predicted octanol–water partition coefficient (Wildman–Crippen LogP) is 2.82. The third-order valence-corrected chi connectivity index (χ3v) is 4.54. The van der Waals surface area contributed by atoms with Crippen LogP contribution in [0.1, 0.15) is 31.9 Å². The second kappa shape index (κ2) is 8.27. The SMILES string of the molecule is C#CCc1cc(OS(=O)(=O)F)c(C)c(N2CCN(C(=O)OC(C)(C)C)CC2)c1. The molecule has 0 saturated carbocycles. The van der Waals surface area contributed by atoms with Gasteiger partial charge in [0.1, 0.15) is 5.60 Å². The summed E-state index contributed by atoms with van der Waals surface area (Å²) in [5.41, 5.74) is 1.23. The predicted molar refractivity (Wildman–Crippen MR) is 104 cm³/mol. The summed E-state index contributed by atoms with van der Waals surface area (Å²) in [6.07, 6.45) is 5.22. The third kappa shape index (κ3) is 6.02. The van der Waals surface area contributed by atoms with Crippen LogP contribution in [0.3, 0.4) is 0 Å². The number of rotatable bonds is 4.